The molecule has 0 amide bonds. The van der Waals surface area contributed by atoms with Crippen molar-refractivity contribution in [2.75, 3.05) is 27.2 Å². The average molecular weight is 134 g/mol. The summed E-state index contributed by atoms with van der Waals surface area (Å²) < 4.78 is 0. The van der Waals surface area contributed by atoms with Crippen molar-refractivity contribution in [3.05, 3.63) is 0 Å². The molecule has 0 radical (unpaired) electrons. The molecular formula is C6H18N2O. The van der Waals surface area contributed by atoms with E-state index in [4.69, 9.17) is 5.90 Å². The van der Waals surface area contributed by atoms with Crippen molar-refractivity contribution in [1.82, 2.24) is 4.90 Å². The van der Waals surface area contributed by atoms with Crippen LogP contribution in [0, 0.1) is 0 Å². The Bertz CT molecular complexity index is 40.0. The zero-order valence-corrected chi connectivity index (χ0v) is 6.85. The van der Waals surface area contributed by atoms with E-state index in [0.717, 1.165) is 6.54 Å². The highest BCUT2D eigenvalue weighted by molar-refractivity contribution is 4.35. The molecule has 0 aromatic heterocycles. The van der Waals surface area contributed by atoms with Crippen molar-refractivity contribution >= 4 is 0 Å². The first kappa shape index (κ1) is 11.6. The quantitative estimate of drug-likeness (QED) is 0.570. The van der Waals surface area contributed by atoms with Crippen LogP contribution in [0.3, 0.4) is 0 Å². The fourth-order valence-electron chi connectivity index (χ4n) is 0.235. The van der Waals surface area contributed by atoms with Crippen molar-refractivity contribution in [1.29, 1.82) is 0 Å². The van der Waals surface area contributed by atoms with E-state index in [1.165, 1.54) is 0 Å². The maximum absolute atomic E-state index is 4.75. The number of hydrogen-bond donors (Lipinski definition) is 1. The van der Waals surface area contributed by atoms with Crippen LogP contribution in [-0.2, 0) is 4.84 Å². The summed E-state index contributed by atoms with van der Waals surface area (Å²) in [6.45, 7) is 5.49. The lowest BCUT2D eigenvalue weighted by Crippen LogP contribution is -2.19. The molecule has 0 aliphatic rings. The van der Waals surface area contributed by atoms with Gasteiger partial charge in [-0.05, 0) is 14.1 Å². The molecule has 0 rings (SSSR count). The third kappa shape index (κ3) is 18.1. The number of nitrogens with two attached hydrogens (primary N) is 1. The molecule has 0 saturated heterocycles. The Morgan fingerprint density at radius 1 is 1.33 bits per heavy atom. The number of likely N-dealkylation sites (N-methyl/N-ethyl adjacent to an activating group) is 1. The van der Waals surface area contributed by atoms with Gasteiger partial charge in [-0.15, -0.1) is 0 Å². The lowest BCUT2D eigenvalue weighted by molar-refractivity contribution is 0.120. The van der Waals surface area contributed by atoms with Crippen LogP contribution >= 0.6 is 0 Å². The fourth-order valence-corrected chi connectivity index (χ4v) is 0.235. The molecule has 0 aromatic rings. The van der Waals surface area contributed by atoms with Crippen molar-refractivity contribution in [3.63, 3.8) is 0 Å². The van der Waals surface area contributed by atoms with E-state index in [0.29, 0.717) is 6.61 Å². The van der Waals surface area contributed by atoms with Crippen molar-refractivity contribution in [2.24, 2.45) is 5.90 Å². The molecule has 0 aliphatic carbocycles. The molecule has 0 bridgehead atoms. The second-order valence-corrected chi connectivity index (χ2v) is 1.67. The van der Waals surface area contributed by atoms with Gasteiger partial charge in [0, 0.05) is 6.54 Å². The Morgan fingerprint density at radius 3 is 1.89 bits per heavy atom. The predicted molar refractivity (Wildman–Crippen MR) is 40.0 cm³/mol. The summed E-state index contributed by atoms with van der Waals surface area (Å²) in [5.74, 6) is 4.75. The molecule has 58 valence electrons. The minimum Gasteiger partial charge on any atom is -0.307 e. The van der Waals surface area contributed by atoms with Crippen LogP contribution in [0.4, 0.5) is 0 Å². The lowest BCUT2D eigenvalue weighted by atomic mass is 10.6. The molecule has 0 atom stereocenters. The Kier molecular flexibility index (Phi) is 14.0. The van der Waals surface area contributed by atoms with Crippen LogP contribution in [0.25, 0.3) is 0 Å². The van der Waals surface area contributed by atoms with Crippen LogP contribution in [0.5, 0.6) is 0 Å². The first-order chi connectivity index (χ1) is 4.27. The molecule has 2 N–H and O–H groups in total. The van der Waals surface area contributed by atoms with Gasteiger partial charge in [0.15, 0.2) is 0 Å². The highest BCUT2D eigenvalue weighted by Crippen LogP contribution is 1.70. The smallest absolute Gasteiger partial charge is 0.0806 e. The number of hydrogen-bond acceptors (Lipinski definition) is 3. The van der Waals surface area contributed by atoms with E-state index >= 15 is 0 Å². The van der Waals surface area contributed by atoms with Gasteiger partial charge in [-0.25, -0.2) is 5.90 Å². The molecule has 0 spiro atoms. The van der Waals surface area contributed by atoms with Gasteiger partial charge >= 0.3 is 0 Å². The third-order valence-electron chi connectivity index (χ3n) is 0.656. The van der Waals surface area contributed by atoms with Gasteiger partial charge < -0.3 is 9.74 Å². The highest BCUT2D eigenvalue weighted by Gasteiger charge is 1.84. The maximum Gasteiger partial charge on any atom is 0.0806 e. The van der Waals surface area contributed by atoms with Crippen LogP contribution in [0.2, 0.25) is 0 Å². The molecule has 0 fully saturated rings. The summed E-state index contributed by atoms with van der Waals surface area (Å²) in [6, 6.07) is 0. The van der Waals surface area contributed by atoms with Crippen molar-refractivity contribution < 1.29 is 4.84 Å². The first-order valence-corrected chi connectivity index (χ1v) is 3.24. The van der Waals surface area contributed by atoms with Gasteiger partial charge in [-0.3, -0.25) is 0 Å². The molecular weight excluding hydrogens is 116 g/mol. The minimum atomic E-state index is 0.604. The highest BCUT2D eigenvalue weighted by atomic mass is 16.6. The van der Waals surface area contributed by atoms with Gasteiger partial charge in [0.2, 0.25) is 0 Å². The summed E-state index contributed by atoms with van der Waals surface area (Å²) in [7, 11) is 3.94. The van der Waals surface area contributed by atoms with E-state index in [1.807, 2.05) is 32.8 Å². The molecule has 3 heteroatoms. The first-order valence-electron chi connectivity index (χ1n) is 3.24. The molecule has 0 saturated carbocycles. The zero-order valence-electron chi connectivity index (χ0n) is 6.85. The van der Waals surface area contributed by atoms with Gasteiger partial charge in [0.1, 0.15) is 0 Å². The van der Waals surface area contributed by atoms with Crippen LogP contribution in [0.15, 0.2) is 0 Å². The summed E-state index contributed by atoms with van der Waals surface area (Å²) in [5.41, 5.74) is 0. The molecule has 3 nitrogen and oxygen atoms in total. The summed E-state index contributed by atoms with van der Waals surface area (Å²) in [4.78, 5) is 6.32. The largest absolute Gasteiger partial charge is 0.307 e. The molecule has 0 aromatic carbocycles. The molecule has 0 aliphatic heterocycles. The molecule has 9 heavy (non-hydrogen) atoms. The lowest BCUT2D eigenvalue weighted by Gasteiger charge is -2.05. The zero-order chi connectivity index (χ0) is 7.70. The van der Waals surface area contributed by atoms with Crippen molar-refractivity contribution in [2.45, 2.75) is 13.8 Å². The second-order valence-electron chi connectivity index (χ2n) is 1.67. The SMILES string of the molecule is CC.CN(C)CCON. The third-order valence-corrected chi connectivity index (χ3v) is 0.656. The predicted octanol–water partition coefficient (Wildman–Crippen LogP) is 0.465. The Labute approximate surface area is 57.7 Å². The summed E-state index contributed by atoms with van der Waals surface area (Å²) in [5, 5.41) is 0. The normalized spacial score (nSPS) is 8.67. The van der Waals surface area contributed by atoms with Crippen LogP contribution < -0.4 is 5.90 Å². The Morgan fingerprint density at radius 2 is 1.78 bits per heavy atom. The minimum absolute atomic E-state index is 0.604. The van der Waals surface area contributed by atoms with Crippen molar-refractivity contribution in [3.8, 4) is 0 Å². The molecule has 0 unspecified atom stereocenters. The van der Waals surface area contributed by atoms with Gasteiger partial charge in [-0.1, -0.05) is 13.8 Å². The fraction of sp³-hybridized carbons (Fsp3) is 1.00. The summed E-state index contributed by atoms with van der Waals surface area (Å²) in [6.07, 6.45) is 0. The van der Waals surface area contributed by atoms with Crippen LogP contribution in [-0.4, -0.2) is 32.1 Å². The second kappa shape index (κ2) is 10.8. The van der Waals surface area contributed by atoms with Gasteiger partial charge in [0.05, 0.1) is 6.61 Å². The molecule has 0 heterocycles. The number of rotatable bonds is 3. The summed E-state index contributed by atoms with van der Waals surface area (Å²) >= 11 is 0. The van der Waals surface area contributed by atoms with Gasteiger partial charge in [-0.2, -0.15) is 0 Å². The van der Waals surface area contributed by atoms with E-state index in [-0.39, 0.29) is 0 Å². The van der Waals surface area contributed by atoms with E-state index in [2.05, 4.69) is 4.84 Å². The van der Waals surface area contributed by atoms with E-state index in [9.17, 15) is 0 Å². The van der Waals surface area contributed by atoms with E-state index in [1.54, 1.807) is 0 Å². The average Bonchev–Trinajstić information content (AvgIpc) is 1.88. The van der Waals surface area contributed by atoms with E-state index < -0.39 is 0 Å². The Balaban J connectivity index is 0. The number of nitrogens with zero attached hydrogens (tertiary/aromatic N) is 1. The Hall–Kier alpha value is -0.120. The topological polar surface area (TPSA) is 38.5 Å². The maximum atomic E-state index is 4.75. The van der Waals surface area contributed by atoms with Crippen LogP contribution in [0.1, 0.15) is 13.8 Å². The van der Waals surface area contributed by atoms with Gasteiger partial charge in [0.25, 0.3) is 0 Å². The standard InChI is InChI=1S/C4H12N2O.C2H6/c1-6(2)3-4-7-5;1-2/h3-5H2,1-2H3;1-2H3. The monoisotopic (exact) mass is 134 g/mol.